The van der Waals surface area contributed by atoms with Gasteiger partial charge in [-0.1, -0.05) is 90.4 Å². The molecule has 0 nitrogen and oxygen atoms in total. The molecule has 0 radical (unpaired) electrons. The Kier molecular flexibility index (Phi) is 21.3. The van der Waals surface area contributed by atoms with E-state index >= 15 is 0 Å². The zero-order valence-electron chi connectivity index (χ0n) is 16.2. The van der Waals surface area contributed by atoms with Gasteiger partial charge < -0.3 is 0 Å². The average molecular weight is 393 g/mol. The van der Waals surface area contributed by atoms with E-state index in [0.29, 0.717) is 5.92 Å². The summed E-state index contributed by atoms with van der Waals surface area (Å²) in [4.78, 5) is 0. The molecule has 0 aromatic heterocycles. The van der Waals surface area contributed by atoms with Gasteiger partial charge in [0.2, 0.25) is 0 Å². The van der Waals surface area contributed by atoms with Crippen molar-refractivity contribution in [3.8, 4) is 0 Å². The Morgan fingerprint density at radius 3 is 1.25 bits per heavy atom. The number of rotatable bonds is 19. The first-order valence-electron chi connectivity index (χ1n) is 10.6. The van der Waals surface area contributed by atoms with Crippen LogP contribution in [0.25, 0.3) is 0 Å². The molecule has 146 valence electrons. The lowest BCUT2D eigenvalue weighted by molar-refractivity contribution is 0.410. The van der Waals surface area contributed by atoms with Crippen LogP contribution in [-0.4, -0.2) is 17.3 Å². The third-order valence-corrected chi connectivity index (χ3v) is 6.71. The lowest BCUT2D eigenvalue weighted by Crippen LogP contribution is -2.13. The van der Waals surface area contributed by atoms with Gasteiger partial charge in [-0.15, -0.1) is 0 Å². The molecule has 0 amide bonds. The Balaban J connectivity index is 3.31. The van der Waals surface area contributed by atoms with Gasteiger partial charge in [0.15, 0.2) is 0 Å². The zero-order valence-corrected chi connectivity index (χ0v) is 18.9. The van der Waals surface area contributed by atoms with E-state index in [0.717, 1.165) is 23.2 Å². The summed E-state index contributed by atoms with van der Waals surface area (Å²) in [5, 5.41) is 0. The predicted molar refractivity (Wildman–Crippen MR) is 123 cm³/mol. The second-order valence-corrected chi connectivity index (χ2v) is 8.64. The summed E-state index contributed by atoms with van der Waals surface area (Å²) in [6.07, 6.45) is 21.3. The van der Waals surface area contributed by atoms with Crippen LogP contribution in [0.3, 0.4) is 0 Å². The maximum Gasteiger partial charge on any atom is -0.00616 e. The topological polar surface area (TPSA) is 0 Å². The first kappa shape index (κ1) is 25.1. The predicted octanol–water partition coefficient (Wildman–Crippen LogP) is 7.88. The summed E-state index contributed by atoms with van der Waals surface area (Å²) >= 11 is 13.4. The van der Waals surface area contributed by atoms with E-state index in [2.05, 4.69) is 44.8 Å². The van der Waals surface area contributed by atoms with Gasteiger partial charge in [-0.2, -0.15) is 37.9 Å². The SMILES string of the molecule is CCCCCCCCCCCCCCCC(CS)CC(CS)CS. The molecule has 0 aromatic carbocycles. The van der Waals surface area contributed by atoms with E-state index < -0.39 is 0 Å². The highest BCUT2D eigenvalue weighted by molar-refractivity contribution is 7.81. The molecular weight excluding hydrogens is 348 g/mol. The molecule has 0 rings (SSSR count). The van der Waals surface area contributed by atoms with Crippen LogP contribution in [0.1, 0.15) is 103 Å². The number of hydrogen-bond donors (Lipinski definition) is 3. The largest absolute Gasteiger partial charge is 0.179 e. The van der Waals surface area contributed by atoms with Crippen LogP contribution >= 0.6 is 37.9 Å². The minimum absolute atomic E-state index is 0.663. The van der Waals surface area contributed by atoms with E-state index in [1.54, 1.807) is 0 Å². The summed E-state index contributed by atoms with van der Waals surface area (Å²) in [5.74, 6) is 4.39. The van der Waals surface area contributed by atoms with Crippen LogP contribution in [-0.2, 0) is 0 Å². The van der Waals surface area contributed by atoms with Crippen molar-refractivity contribution in [2.24, 2.45) is 11.8 Å². The zero-order chi connectivity index (χ0) is 17.9. The molecule has 0 aromatic rings. The van der Waals surface area contributed by atoms with E-state index in [4.69, 9.17) is 0 Å². The molecule has 24 heavy (non-hydrogen) atoms. The molecule has 0 saturated carbocycles. The van der Waals surface area contributed by atoms with E-state index in [1.165, 1.54) is 96.3 Å². The summed E-state index contributed by atoms with van der Waals surface area (Å²) in [7, 11) is 0. The van der Waals surface area contributed by atoms with Gasteiger partial charge in [-0.05, 0) is 41.9 Å². The summed E-state index contributed by atoms with van der Waals surface area (Å²) < 4.78 is 0. The first-order chi connectivity index (χ1) is 11.8. The minimum atomic E-state index is 0.663. The summed E-state index contributed by atoms with van der Waals surface area (Å²) in [6.45, 7) is 2.29. The van der Waals surface area contributed by atoms with Crippen molar-refractivity contribution in [3.05, 3.63) is 0 Å². The van der Waals surface area contributed by atoms with Crippen molar-refractivity contribution >= 4 is 37.9 Å². The quantitative estimate of drug-likeness (QED) is 0.144. The van der Waals surface area contributed by atoms with E-state index in [9.17, 15) is 0 Å². The molecule has 1 unspecified atom stereocenters. The van der Waals surface area contributed by atoms with Crippen LogP contribution in [0.4, 0.5) is 0 Å². The van der Waals surface area contributed by atoms with E-state index in [-0.39, 0.29) is 0 Å². The Bertz CT molecular complexity index is 229. The summed E-state index contributed by atoms with van der Waals surface area (Å²) in [6, 6.07) is 0. The standard InChI is InChI=1S/C21H44S3/c1-2-3-4-5-6-7-8-9-10-11-12-13-14-15-20(17-22)16-21(18-23)19-24/h20-24H,2-19H2,1H3. The molecular formula is C21H44S3. The molecule has 0 bridgehead atoms. The van der Waals surface area contributed by atoms with Crippen molar-refractivity contribution in [2.45, 2.75) is 103 Å². The molecule has 0 N–H and O–H groups in total. The third-order valence-electron chi connectivity index (χ3n) is 5.16. The van der Waals surface area contributed by atoms with Crippen LogP contribution in [0.15, 0.2) is 0 Å². The molecule has 0 aliphatic heterocycles. The van der Waals surface area contributed by atoms with Crippen molar-refractivity contribution in [1.29, 1.82) is 0 Å². The lowest BCUT2D eigenvalue weighted by Gasteiger charge is -2.19. The fourth-order valence-corrected chi connectivity index (χ4v) is 4.50. The molecule has 3 heteroatoms. The maximum atomic E-state index is 4.54. The lowest BCUT2D eigenvalue weighted by atomic mass is 9.93. The molecule has 0 spiro atoms. The molecule has 1 atom stereocenters. The number of unbranched alkanes of at least 4 members (excludes halogenated alkanes) is 12. The van der Waals surface area contributed by atoms with Gasteiger partial charge in [0, 0.05) is 0 Å². The number of hydrogen-bond acceptors (Lipinski definition) is 3. The average Bonchev–Trinajstić information content (AvgIpc) is 2.61. The Hall–Kier alpha value is 1.05. The maximum absolute atomic E-state index is 4.54. The van der Waals surface area contributed by atoms with Crippen molar-refractivity contribution < 1.29 is 0 Å². The van der Waals surface area contributed by atoms with Crippen LogP contribution in [0.5, 0.6) is 0 Å². The van der Waals surface area contributed by atoms with E-state index in [1.807, 2.05) is 0 Å². The van der Waals surface area contributed by atoms with Crippen molar-refractivity contribution in [1.82, 2.24) is 0 Å². The number of thiol groups is 3. The van der Waals surface area contributed by atoms with Crippen molar-refractivity contribution in [2.75, 3.05) is 17.3 Å². The Labute approximate surface area is 170 Å². The van der Waals surface area contributed by atoms with Crippen LogP contribution < -0.4 is 0 Å². The second kappa shape index (κ2) is 20.4. The second-order valence-electron chi connectivity index (χ2n) is 7.55. The van der Waals surface area contributed by atoms with Gasteiger partial charge in [0.25, 0.3) is 0 Å². The Morgan fingerprint density at radius 2 is 0.875 bits per heavy atom. The minimum Gasteiger partial charge on any atom is -0.179 e. The molecule has 0 heterocycles. The smallest absolute Gasteiger partial charge is 0.00616 e. The van der Waals surface area contributed by atoms with Crippen molar-refractivity contribution in [3.63, 3.8) is 0 Å². The monoisotopic (exact) mass is 392 g/mol. The summed E-state index contributed by atoms with van der Waals surface area (Å²) in [5.41, 5.74) is 0. The highest BCUT2D eigenvalue weighted by Crippen LogP contribution is 2.22. The third kappa shape index (κ3) is 16.5. The normalized spacial score (nSPS) is 12.9. The van der Waals surface area contributed by atoms with Gasteiger partial charge >= 0.3 is 0 Å². The molecule has 0 aliphatic rings. The fourth-order valence-electron chi connectivity index (χ4n) is 3.41. The first-order valence-corrected chi connectivity index (χ1v) is 12.5. The van der Waals surface area contributed by atoms with Gasteiger partial charge in [0.05, 0.1) is 0 Å². The van der Waals surface area contributed by atoms with Gasteiger partial charge in [-0.3, -0.25) is 0 Å². The van der Waals surface area contributed by atoms with Crippen LogP contribution in [0, 0.1) is 11.8 Å². The fraction of sp³-hybridized carbons (Fsp3) is 1.00. The Morgan fingerprint density at radius 1 is 0.500 bits per heavy atom. The van der Waals surface area contributed by atoms with Gasteiger partial charge in [0.1, 0.15) is 0 Å². The highest BCUT2D eigenvalue weighted by Gasteiger charge is 2.13. The van der Waals surface area contributed by atoms with Gasteiger partial charge in [-0.25, -0.2) is 0 Å². The molecule has 0 saturated heterocycles. The van der Waals surface area contributed by atoms with Crippen LogP contribution in [0.2, 0.25) is 0 Å². The highest BCUT2D eigenvalue weighted by atomic mass is 32.1. The molecule has 0 fully saturated rings. The molecule has 0 aliphatic carbocycles.